The largest absolute Gasteiger partial charge is 0.351 e. The maximum atomic E-state index is 13.7. The lowest BCUT2D eigenvalue weighted by Crippen LogP contribution is -2.36. The van der Waals surface area contributed by atoms with E-state index in [0.29, 0.717) is 18.5 Å². The van der Waals surface area contributed by atoms with E-state index in [2.05, 4.69) is 4.98 Å². The molecule has 0 bridgehead atoms. The van der Waals surface area contributed by atoms with E-state index in [1.54, 1.807) is 0 Å². The molecule has 1 aliphatic carbocycles. The number of aromatic nitrogens is 1. The molecule has 2 heterocycles. The normalized spacial score (nSPS) is 27.4. The maximum Gasteiger partial charge on any atom is 0.251 e. The van der Waals surface area contributed by atoms with Crippen molar-refractivity contribution in [3.05, 3.63) is 23.6 Å². The van der Waals surface area contributed by atoms with E-state index in [9.17, 15) is 13.2 Å². The van der Waals surface area contributed by atoms with Gasteiger partial charge in [0, 0.05) is 18.7 Å². The van der Waals surface area contributed by atoms with Crippen LogP contribution in [-0.2, 0) is 0 Å². The van der Waals surface area contributed by atoms with Crippen LogP contribution in [0.4, 0.5) is 19.0 Å². The quantitative estimate of drug-likeness (QED) is 0.717. The Bertz CT molecular complexity index is 464. The number of hydrogen-bond donors (Lipinski definition) is 0. The van der Waals surface area contributed by atoms with Crippen molar-refractivity contribution in [1.29, 1.82) is 0 Å². The predicted octanol–water partition coefficient (Wildman–Crippen LogP) is 3.27. The summed E-state index contributed by atoms with van der Waals surface area (Å²) in [5.74, 6) is -2.68. The number of pyridine rings is 1. The highest BCUT2D eigenvalue weighted by Gasteiger charge is 2.37. The molecule has 1 aromatic rings. The molecule has 98 valence electrons. The standard InChI is InChI=1S/C13H15F3N2/c14-9-7-10(15)13(17-12(9)16)18-6-5-8-3-1-2-4-11(8)18/h7-8,11H,1-6H2. The fourth-order valence-electron chi connectivity index (χ4n) is 3.31. The summed E-state index contributed by atoms with van der Waals surface area (Å²) < 4.78 is 39.8. The van der Waals surface area contributed by atoms with Crippen LogP contribution in [0.25, 0.3) is 0 Å². The van der Waals surface area contributed by atoms with Crippen LogP contribution in [0.15, 0.2) is 6.07 Å². The van der Waals surface area contributed by atoms with Gasteiger partial charge in [0.05, 0.1) is 0 Å². The van der Waals surface area contributed by atoms with E-state index < -0.39 is 17.6 Å². The van der Waals surface area contributed by atoms with Gasteiger partial charge < -0.3 is 4.90 Å². The molecule has 2 fully saturated rings. The fourth-order valence-corrected chi connectivity index (χ4v) is 3.31. The monoisotopic (exact) mass is 256 g/mol. The van der Waals surface area contributed by atoms with Crippen LogP contribution in [0, 0.1) is 23.5 Å². The molecule has 0 spiro atoms. The summed E-state index contributed by atoms with van der Waals surface area (Å²) in [5, 5.41) is 0. The topological polar surface area (TPSA) is 16.1 Å². The average molecular weight is 256 g/mol. The van der Waals surface area contributed by atoms with Gasteiger partial charge >= 0.3 is 0 Å². The van der Waals surface area contributed by atoms with Gasteiger partial charge in [-0.25, -0.2) is 8.78 Å². The van der Waals surface area contributed by atoms with Gasteiger partial charge in [-0.2, -0.15) is 9.37 Å². The van der Waals surface area contributed by atoms with Crippen molar-refractivity contribution in [2.45, 2.75) is 38.1 Å². The molecule has 2 aliphatic rings. The number of anilines is 1. The first-order chi connectivity index (χ1) is 8.66. The molecule has 5 heteroatoms. The highest BCUT2D eigenvalue weighted by molar-refractivity contribution is 5.43. The Morgan fingerprint density at radius 1 is 1.06 bits per heavy atom. The van der Waals surface area contributed by atoms with Crippen molar-refractivity contribution >= 4 is 5.82 Å². The first kappa shape index (κ1) is 11.8. The Balaban J connectivity index is 1.93. The van der Waals surface area contributed by atoms with Crippen molar-refractivity contribution in [1.82, 2.24) is 4.98 Å². The Kier molecular flexibility index (Phi) is 2.92. The van der Waals surface area contributed by atoms with Crippen LogP contribution in [0.5, 0.6) is 0 Å². The molecular formula is C13H15F3N2. The number of hydrogen-bond acceptors (Lipinski definition) is 2. The minimum Gasteiger partial charge on any atom is -0.351 e. The zero-order valence-electron chi connectivity index (χ0n) is 10.0. The lowest BCUT2D eigenvalue weighted by atomic mass is 9.85. The van der Waals surface area contributed by atoms with Crippen LogP contribution in [-0.4, -0.2) is 17.6 Å². The molecule has 1 saturated heterocycles. The second kappa shape index (κ2) is 4.44. The lowest BCUT2D eigenvalue weighted by molar-refractivity contribution is 0.339. The maximum absolute atomic E-state index is 13.7. The number of halogens is 3. The highest BCUT2D eigenvalue weighted by Crippen LogP contribution is 2.39. The van der Waals surface area contributed by atoms with E-state index in [-0.39, 0.29) is 11.9 Å². The van der Waals surface area contributed by atoms with E-state index in [1.165, 1.54) is 6.42 Å². The van der Waals surface area contributed by atoms with Gasteiger partial charge in [0.15, 0.2) is 17.5 Å². The predicted molar refractivity (Wildman–Crippen MR) is 61.8 cm³/mol. The van der Waals surface area contributed by atoms with Crippen LogP contribution in [0.2, 0.25) is 0 Å². The highest BCUT2D eigenvalue weighted by atomic mass is 19.2. The molecular weight excluding hydrogens is 241 g/mol. The summed E-state index contributed by atoms with van der Waals surface area (Å²) in [4.78, 5) is 5.28. The Morgan fingerprint density at radius 2 is 1.83 bits per heavy atom. The zero-order chi connectivity index (χ0) is 12.7. The summed E-state index contributed by atoms with van der Waals surface area (Å²) in [5.41, 5.74) is 0. The molecule has 0 aromatic carbocycles. The summed E-state index contributed by atoms with van der Waals surface area (Å²) in [6, 6.07) is 0.832. The van der Waals surface area contributed by atoms with Gasteiger partial charge in [-0.1, -0.05) is 12.8 Å². The van der Waals surface area contributed by atoms with Crippen molar-refractivity contribution < 1.29 is 13.2 Å². The first-order valence-electron chi connectivity index (χ1n) is 6.45. The van der Waals surface area contributed by atoms with Crippen LogP contribution < -0.4 is 4.90 Å². The van der Waals surface area contributed by atoms with E-state index in [0.717, 1.165) is 25.7 Å². The third kappa shape index (κ3) is 1.85. The summed E-state index contributed by atoms with van der Waals surface area (Å²) in [6.07, 6.45) is 5.45. The van der Waals surface area contributed by atoms with Gasteiger partial charge in [-0.05, 0) is 25.2 Å². The second-order valence-electron chi connectivity index (χ2n) is 5.16. The van der Waals surface area contributed by atoms with Gasteiger partial charge in [0.2, 0.25) is 0 Å². The van der Waals surface area contributed by atoms with Gasteiger partial charge in [-0.3, -0.25) is 0 Å². The van der Waals surface area contributed by atoms with Gasteiger partial charge in [-0.15, -0.1) is 0 Å². The number of rotatable bonds is 1. The Morgan fingerprint density at radius 3 is 2.67 bits per heavy atom. The molecule has 0 N–H and O–H groups in total. The summed E-state index contributed by atoms with van der Waals surface area (Å²) in [7, 11) is 0. The molecule has 2 atom stereocenters. The lowest BCUT2D eigenvalue weighted by Gasteiger charge is -2.32. The smallest absolute Gasteiger partial charge is 0.251 e. The van der Waals surface area contributed by atoms with Gasteiger partial charge in [0.25, 0.3) is 5.95 Å². The molecule has 0 amide bonds. The minimum atomic E-state index is -1.23. The van der Waals surface area contributed by atoms with Crippen molar-refractivity contribution in [3.63, 3.8) is 0 Å². The molecule has 0 radical (unpaired) electrons. The number of nitrogens with zero attached hydrogens (tertiary/aromatic N) is 2. The van der Waals surface area contributed by atoms with Crippen LogP contribution >= 0.6 is 0 Å². The molecule has 2 unspecified atom stereocenters. The van der Waals surface area contributed by atoms with E-state index in [4.69, 9.17) is 0 Å². The van der Waals surface area contributed by atoms with Crippen LogP contribution in [0.1, 0.15) is 32.1 Å². The second-order valence-corrected chi connectivity index (χ2v) is 5.16. The first-order valence-corrected chi connectivity index (χ1v) is 6.45. The fraction of sp³-hybridized carbons (Fsp3) is 0.615. The van der Waals surface area contributed by atoms with Crippen molar-refractivity contribution in [2.24, 2.45) is 5.92 Å². The third-order valence-corrected chi connectivity index (χ3v) is 4.15. The van der Waals surface area contributed by atoms with Crippen molar-refractivity contribution in [2.75, 3.05) is 11.4 Å². The number of fused-ring (bicyclic) bond motifs is 1. The van der Waals surface area contributed by atoms with Gasteiger partial charge in [0.1, 0.15) is 0 Å². The molecule has 3 rings (SSSR count). The molecule has 1 saturated carbocycles. The SMILES string of the molecule is Fc1cc(F)c(N2CCC3CCCCC32)nc1F. The Hall–Kier alpha value is -1.26. The Labute approximate surface area is 104 Å². The van der Waals surface area contributed by atoms with E-state index in [1.807, 2.05) is 4.90 Å². The molecule has 18 heavy (non-hydrogen) atoms. The van der Waals surface area contributed by atoms with Crippen molar-refractivity contribution in [3.8, 4) is 0 Å². The molecule has 2 nitrogen and oxygen atoms in total. The summed E-state index contributed by atoms with van der Waals surface area (Å²) >= 11 is 0. The minimum absolute atomic E-state index is 0.0247. The molecule has 1 aliphatic heterocycles. The summed E-state index contributed by atoms with van der Waals surface area (Å²) in [6.45, 7) is 0.685. The van der Waals surface area contributed by atoms with E-state index >= 15 is 0 Å². The average Bonchev–Trinajstić information content (AvgIpc) is 2.78. The van der Waals surface area contributed by atoms with Crippen LogP contribution in [0.3, 0.4) is 0 Å². The zero-order valence-corrected chi connectivity index (χ0v) is 10.0. The third-order valence-electron chi connectivity index (χ3n) is 4.15. The molecule has 1 aromatic heterocycles.